The molecular formula is C17H25N3O3S. The van der Waals surface area contributed by atoms with E-state index in [9.17, 15) is 13.2 Å². The monoisotopic (exact) mass is 351 g/mol. The van der Waals surface area contributed by atoms with Crippen LogP contribution < -0.4 is 5.32 Å². The number of likely N-dealkylation sites (N-methyl/N-ethyl adjacent to an activating group) is 1. The molecule has 0 fully saturated rings. The van der Waals surface area contributed by atoms with Crippen LogP contribution >= 0.6 is 0 Å². The molecule has 0 aliphatic carbocycles. The smallest absolute Gasteiger partial charge is 0.235 e. The normalized spacial score (nSPS) is 12.6. The number of benzene rings is 1. The Morgan fingerprint density at radius 1 is 1.25 bits per heavy atom. The number of rotatable bonds is 9. The number of nitriles is 1. The summed E-state index contributed by atoms with van der Waals surface area (Å²) in [7, 11) is -3.54. The average molecular weight is 351 g/mol. The van der Waals surface area contributed by atoms with Gasteiger partial charge in [-0.25, -0.2) is 8.42 Å². The van der Waals surface area contributed by atoms with E-state index in [1.54, 1.807) is 24.3 Å². The molecular weight excluding hydrogens is 326 g/mol. The Labute approximate surface area is 144 Å². The van der Waals surface area contributed by atoms with Gasteiger partial charge in [0.25, 0.3) is 0 Å². The fraction of sp³-hybridized carbons (Fsp3) is 0.529. The molecule has 1 aromatic rings. The highest BCUT2D eigenvalue weighted by atomic mass is 32.2. The third-order valence-corrected chi connectivity index (χ3v) is 5.33. The molecule has 0 saturated carbocycles. The van der Waals surface area contributed by atoms with Crippen molar-refractivity contribution in [1.29, 1.82) is 5.26 Å². The second-order valence-electron chi connectivity index (χ2n) is 5.72. The first-order valence-electron chi connectivity index (χ1n) is 8.01. The molecule has 1 aromatic carbocycles. The minimum Gasteiger partial charge on any atom is -0.354 e. The molecule has 0 aliphatic heterocycles. The molecule has 0 aromatic heterocycles. The van der Waals surface area contributed by atoms with Gasteiger partial charge >= 0.3 is 0 Å². The Morgan fingerprint density at radius 2 is 1.83 bits per heavy atom. The van der Waals surface area contributed by atoms with Gasteiger partial charge in [0.1, 0.15) is 5.75 Å². The highest BCUT2D eigenvalue weighted by molar-refractivity contribution is 7.91. The molecule has 132 valence electrons. The third-order valence-electron chi connectivity index (χ3n) is 3.85. The van der Waals surface area contributed by atoms with E-state index in [0.717, 1.165) is 13.1 Å². The van der Waals surface area contributed by atoms with Crippen LogP contribution in [0, 0.1) is 11.3 Å². The third kappa shape index (κ3) is 6.69. The molecule has 1 rings (SSSR count). The van der Waals surface area contributed by atoms with Gasteiger partial charge in [0.05, 0.1) is 17.4 Å². The van der Waals surface area contributed by atoms with E-state index in [4.69, 9.17) is 5.26 Å². The fourth-order valence-electron chi connectivity index (χ4n) is 2.47. The number of carbonyl (C=O) groups is 1. The van der Waals surface area contributed by atoms with Crippen molar-refractivity contribution in [3.05, 3.63) is 35.4 Å². The maximum atomic E-state index is 12.1. The quantitative estimate of drug-likeness (QED) is 0.725. The molecule has 0 spiro atoms. The Morgan fingerprint density at radius 3 is 2.33 bits per heavy atom. The summed E-state index contributed by atoms with van der Waals surface area (Å²) in [6.45, 7) is 8.27. The number of nitrogens with zero attached hydrogens (tertiary/aromatic N) is 2. The predicted molar refractivity (Wildman–Crippen MR) is 94.0 cm³/mol. The van der Waals surface area contributed by atoms with Crippen molar-refractivity contribution in [2.24, 2.45) is 0 Å². The molecule has 0 radical (unpaired) electrons. The lowest BCUT2D eigenvalue weighted by molar-refractivity contribution is -0.118. The second kappa shape index (κ2) is 9.40. The summed E-state index contributed by atoms with van der Waals surface area (Å²) in [6.07, 6.45) is 0. The molecule has 1 unspecified atom stereocenters. The van der Waals surface area contributed by atoms with Crippen LogP contribution in [-0.2, 0) is 20.4 Å². The topological polar surface area (TPSA) is 90.3 Å². The summed E-state index contributed by atoms with van der Waals surface area (Å²) >= 11 is 0. The van der Waals surface area contributed by atoms with Gasteiger partial charge in [-0.1, -0.05) is 26.0 Å². The molecule has 1 N–H and O–H groups in total. The van der Waals surface area contributed by atoms with E-state index >= 15 is 0 Å². The van der Waals surface area contributed by atoms with Crippen LogP contribution in [0.15, 0.2) is 24.3 Å². The SMILES string of the molecule is CCN(CC)C(C)CNC(=O)CS(=O)(=O)Cc1ccc(C#N)cc1. The molecule has 1 atom stereocenters. The highest BCUT2D eigenvalue weighted by Gasteiger charge is 2.18. The van der Waals surface area contributed by atoms with E-state index in [1.165, 1.54) is 0 Å². The van der Waals surface area contributed by atoms with Crippen LogP contribution in [0.1, 0.15) is 31.9 Å². The van der Waals surface area contributed by atoms with Crippen molar-refractivity contribution in [3.8, 4) is 6.07 Å². The zero-order valence-corrected chi connectivity index (χ0v) is 15.3. The molecule has 0 heterocycles. The fourth-order valence-corrected chi connectivity index (χ4v) is 3.77. The van der Waals surface area contributed by atoms with Crippen LogP contribution in [0.2, 0.25) is 0 Å². The minimum atomic E-state index is -3.54. The first-order valence-corrected chi connectivity index (χ1v) is 9.83. The Hall–Kier alpha value is -1.91. The van der Waals surface area contributed by atoms with Gasteiger partial charge in [-0.3, -0.25) is 9.69 Å². The molecule has 0 aliphatic rings. The molecule has 0 bridgehead atoms. The molecule has 1 amide bonds. The first-order chi connectivity index (χ1) is 11.3. The lowest BCUT2D eigenvalue weighted by Gasteiger charge is -2.26. The van der Waals surface area contributed by atoms with Gasteiger partial charge in [0.2, 0.25) is 5.91 Å². The molecule has 6 nitrogen and oxygen atoms in total. The van der Waals surface area contributed by atoms with Crippen molar-refractivity contribution < 1.29 is 13.2 Å². The number of sulfone groups is 1. The number of hydrogen-bond acceptors (Lipinski definition) is 5. The Bertz CT molecular complexity index is 674. The second-order valence-corrected chi connectivity index (χ2v) is 7.78. The van der Waals surface area contributed by atoms with Gasteiger partial charge in [-0.05, 0) is 37.7 Å². The van der Waals surface area contributed by atoms with Gasteiger partial charge in [-0.15, -0.1) is 0 Å². The summed E-state index contributed by atoms with van der Waals surface area (Å²) < 4.78 is 24.2. The minimum absolute atomic E-state index is 0.158. The lowest BCUT2D eigenvalue weighted by atomic mass is 10.2. The zero-order chi connectivity index (χ0) is 18.2. The van der Waals surface area contributed by atoms with E-state index in [0.29, 0.717) is 17.7 Å². The van der Waals surface area contributed by atoms with Crippen molar-refractivity contribution in [2.45, 2.75) is 32.6 Å². The predicted octanol–water partition coefficient (Wildman–Crippen LogP) is 1.32. The van der Waals surface area contributed by atoms with Crippen molar-refractivity contribution >= 4 is 15.7 Å². The summed E-state index contributed by atoms with van der Waals surface area (Å²) in [5, 5.41) is 11.4. The van der Waals surface area contributed by atoms with E-state index in [-0.39, 0.29) is 11.8 Å². The van der Waals surface area contributed by atoms with Crippen molar-refractivity contribution in [3.63, 3.8) is 0 Å². The van der Waals surface area contributed by atoms with Crippen LogP contribution in [0.4, 0.5) is 0 Å². The summed E-state index contributed by atoms with van der Waals surface area (Å²) in [5.41, 5.74) is 1.04. The van der Waals surface area contributed by atoms with Gasteiger partial charge in [0, 0.05) is 12.6 Å². The van der Waals surface area contributed by atoms with E-state index < -0.39 is 21.5 Å². The average Bonchev–Trinajstić information content (AvgIpc) is 2.54. The van der Waals surface area contributed by atoms with Crippen LogP contribution in [0.3, 0.4) is 0 Å². The lowest BCUT2D eigenvalue weighted by Crippen LogP contribution is -2.43. The van der Waals surface area contributed by atoms with Crippen molar-refractivity contribution in [2.75, 3.05) is 25.4 Å². The Balaban J connectivity index is 2.53. The maximum absolute atomic E-state index is 12.1. The van der Waals surface area contributed by atoms with E-state index in [2.05, 4.69) is 10.2 Å². The maximum Gasteiger partial charge on any atom is 0.235 e. The number of hydrogen-bond donors (Lipinski definition) is 1. The summed E-state index contributed by atoms with van der Waals surface area (Å²) in [4.78, 5) is 14.1. The number of amides is 1. The first kappa shape index (κ1) is 20.1. The highest BCUT2D eigenvalue weighted by Crippen LogP contribution is 2.08. The molecule has 24 heavy (non-hydrogen) atoms. The number of carbonyl (C=O) groups excluding carboxylic acids is 1. The van der Waals surface area contributed by atoms with Crippen LogP contribution in [0.5, 0.6) is 0 Å². The largest absolute Gasteiger partial charge is 0.354 e. The zero-order valence-electron chi connectivity index (χ0n) is 14.4. The number of nitrogens with one attached hydrogen (secondary N) is 1. The van der Waals surface area contributed by atoms with Gasteiger partial charge in [0.15, 0.2) is 9.84 Å². The van der Waals surface area contributed by atoms with Gasteiger partial charge in [-0.2, -0.15) is 5.26 Å². The summed E-state index contributed by atoms with van der Waals surface area (Å²) in [6, 6.07) is 8.45. The van der Waals surface area contributed by atoms with Crippen molar-refractivity contribution in [1.82, 2.24) is 10.2 Å². The summed E-state index contributed by atoms with van der Waals surface area (Å²) in [5.74, 6) is -1.22. The van der Waals surface area contributed by atoms with Gasteiger partial charge < -0.3 is 5.32 Å². The van der Waals surface area contributed by atoms with Crippen LogP contribution in [0.25, 0.3) is 0 Å². The van der Waals surface area contributed by atoms with E-state index in [1.807, 2.05) is 26.8 Å². The molecule has 0 saturated heterocycles. The van der Waals surface area contributed by atoms with Crippen LogP contribution in [-0.4, -0.2) is 50.7 Å². The Kier molecular flexibility index (Phi) is 7.89. The standard InChI is InChI=1S/C17H25N3O3S/c1-4-20(5-2)14(3)11-19-17(21)13-24(22,23)12-16-8-6-15(10-18)7-9-16/h6-9,14H,4-5,11-13H2,1-3H3,(H,19,21). The molecule has 7 heteroatoms.